The van der Waals surface area contributed by atoms with Crippen LogP contribution in [0.15, 0.2) is 72.9 Å². The molecule has 11 heteroatoms. The van der Waals surface area contributed by atoms with Gasteiger partial charge in [0, 0.05) is 40.0 Å². The van der Waals surface area contributed by atoms with E-state index in [-0.39, 0.29) is 12.1 Å². The van der Waals surface area contributed by atoms with Crippen molar-refractivity contribution in [2.24, 2.45) is 0 Å². The van der Waals surface area contributed by atoms with Gasteiger partial charge in [-0.2, -0.15) is 0 Å². The molecule has 2 aromatic heterocycles. The summed E-state index contributed by atoms with van der Waals surface area (Å²) in [6.07, 6.45) is 2.87. The third-order valence-corrected chi connectivity index (χ3v) is 7.85. The molecule has 39 heavy (non-hydrogen) atoms. The predicted molar refractivity (Wildman–Crippen MR) is 160 cm³/mol. The molecule has 202 valence electrons. The molecule has 2 aromatic carbocycles. The Bertz CT molecular complexity index is 1660. The monoisotopic (exact) mass is 581 g/mol. The van der Waals surface area contributed by atoms with Crippen molar-refractivity contribution in [2.45, 2.75) is 25.9 Å². The Balaban J connectivity index is 1.67. The molecular weight excluding hydrogens is 554 g/mol. The van der Waals surface area contributed by atoms with Gasteiger partial charge >= 0.3 is 0 Å². The molecule has 8 nitrogen and oxygen atoms in total. The van der Waals surface area contributed by atoms with Crippen molar-refractivity contribution < 1.29 is 13.2 Å². The summed E-state index contributed by atoms with van der Waals surface area (Å²) in [7, 11) is -1.99. The Labute approximate surface area is 238 Å². The number of hydrogen-bond acceptors (Lipinski definition) is 5. The van der Waals surface area contributed by atoms with E-state index < -0.39 is 10.0 Å². The highest BCUT2D eigenvalue weighted by Gasteiger charge is 2.42. The molecule has 3 heterocycles. The van der Waals surface area contributed by atoms with Gasteiger partial charge in [-0.25, -0.2) is 8.42 Å². The van der Waals surface area contributed by atoms with Crippen molar-refractivity contribution in [1.29, 1.82) is 0 Å². The second-order valence-corrected chi connectivity index (χ2v) is 12.0. The van der Waals surface area contributed by atoms with Crippen LogP contribution in [-0.2, 0) is 10.0 Å². The number of methoxy groups -OCH3 is 1. The summed E-state index contributed by atoms with van der Waals surface area (Å²) in [5.41, 5.74) is 6.07. The Morgan fingerprint density at radius 1 is 1.05 bits per heavy atom. The van der Waals surface area contributed by atoms with Crippen LogP contribution in [0.2, 0.25) is 5.02 Å². The average Bonchev–Trinajstić information content (AvgIpc) is 3.38. The molecule has 0 spiro atoms. The third-order valence-electron chi connectivity index (χ3n) is 6.71. The maximum absolute atomic E-state index is 11.9. The first-order chi connectivity index (χ1) is 18.6. The Morgan fingerprint density at radius 3 is 2.51 bits per heavy atom. The Morgan fingerprint density at radius 2 is 1.85 bits per heavy atom. The fourth-order valence-corrected chi connectivity index (χ4v) is 6.26. The first kappa shape index (κ1) is 27.0. The highest BCUT2D eigenvalue weighted by Crippen LogP contribution is 2.45. The van der Waals surface area contributed by atoms with Gasteiger partial charge in [-0.1, -0.05) is 23.7 Å². The van der Waals surface area contributed by atoms with Crippen molar-refractivity contribution in [3.8, 4) is 11.4 Å². The second-order valence-electron chi connectivity index (χ2n) is 9.40. The summed E-state index contributed by atoms with van der Waals surface area (Å²) in [5, 5.41) is 4.66. The Hall–Kier alpha value is -3.60. The number of aromatic nitrogens is 2. The molecule has 1 saturated heterocycles. The van der Waals surface area contributed by atoms with Gasteiger partial charge in [0.15, 0.2) is 5.11 Å². The number of nitrogens with one attached hydrogen (secondary N) is 2. The lowest BCUT2D eigenvalue weighted by atomic mass is 9.96. The SMILES string of the molecule is COc1cc(N2C(=S)N[C@@H](c3ccccn3)[C@@H]2c2cc(C)n(-c3cccc(Cl)c3)c2C)ccc1NS(C)(=O)=O. The van der Waals surface area contributed by atoms with Crippen LogP contribution in [0, 0.1) is 13.8 Å². The maximum atomic E-state index is 11.9. The van der Waals surface area contributed by atoms with Crippen molar-refractivity contribution in [3.05, 3.63) is 101 Å². The zero-order chi connectivity index (χ0) is 27.9. The molecule has 0 bridgehead atoms. The normalized spacial score (nSPS) is 17.3. The van der Waals surface area contributed by atoms with Gasteiger partial charge in [0.2, 0.25) is 10.0 Å². The lowest BCUT2D eigenvalue weighted by Crippen LogP contribution is -2.29. The van der Waals surface area contributed by atoms with Gasteiger partial charge in [-0.3, -0.25) is 9.71 Å². The minimum atomic E-state index is -3.49. The number of thiocarbonyl (C=S) groups is 1. The molecule has 0 aliphatic carbocycles. The number of halogens is 1. The van der Waals surface area contributed by atoms with E-state index in [4.69, 9.17) is 28.6 Å². The number of sulfonamides is 1. The van der Waals surface area contributed by atoms with E-state index in [0.29, 0.717) is 21.6 Å². The highest BCUT2D eigenvalue weighted by molar-refractivity contribution is 7.92. The van der Waals surface area contributed by atoms with Crippen LogP contribution in [0.3, 0.4) is 0 Å². The summed E-state index contributed by atoms with van der Waals surface area (Å²) < 4.78 is 34.0. The van der Waals surface area contributed by atoms with E-state index >= 15 is 0 Å². The smallest absolute Gasteiger partial charge is 0.229 e. The molecular formula is C28H28ClN5O3S2. The first-order valence-electron chi connectivity index (χ1n) is 12.2. The van der Waals surface area contributed by atoms with E-state index in [1.807, 2.05) is 53.4 Å². The lowest BCUT2D eigenvalue weighted by molar-refractivity contribution is 0.417. The quantitative estimate of drug-likeness (QED) is 0.271. The summed E-state index contributed by atoms with van der Waals surface area (Å²) in [6.45, 7) is 4.14. The van der Waals surface area contributed by atoms with E-state index in [1.165, 1.54) is 7.11 Å². The van der Waals surface area contributed by atoms with Crippen LogP contribution in [-0.4, -0.2) is 36.4 Å². The van der Waals surface area contributed by atoms with Crippen molar-refractivity contribution in [3.63, 3.8) is 0 Å². The minimum Gasteiger partial charge on any atom is -0.494 e. The number of rotatable bonds is 7. The molecule has 2 N–H and O–H groups in total. The van der Waals surface area contributed by atoms with Gasteiger partial charge in [-0.15, -0.1) is 0 Å². The topological polar surface area (TPSA) is 88.5 Å². The zero-order valence-corrected chi connectivity index (χ0v) is 24.2. The van der Waals surface area contributed by atoms with E-state index in [9.17, 15) is 8.42 Å². The van der Waals surface area contributed by atoms with Crippen LogP contribution in [0.5, 0.6) is 5.75 Å². The van der Waals surface area contributed by atoms with Crippen LogP contribution in [0.1, 0.15) is 34.7 Å². The highest BCUT2D eigenvalue weighted by atomic mass is 35.5. The number of benzene rings is 2. The first-order valence-corrected chi connectivity index (χ1v) is 14.9. The summed E-state index contributed by atoms with van der Waals surface area (Å²) in [4.78, 5) is 6.67. The number of hydrogen-bond donors (Lipinski definition) is 2. The van der Waals surface area contributed by atoms with Crippen molar-refractivity contribution >= 4 is 50.3 Å². The largest absolute Gasteiger partial charge is 0.494 e. The Kier molecular flexibility index (Phi) is 7.28. The van der Waals surface area contributed by atoms with Crippen LogP contribution in [0.4, 0.5) is 11.4 Å². The number of aryl methyl sites for hydroxylation is 1. The van der Waals surface area contributed by atoms with Gasteiger partial charge in [0.25, 0.3) is 0 Å². The standard InChI is InChI=1S/C28H28ClN5O3S2/c1-17-14-22(18(2)33(17)20-9-7-8-19(29)15-20)27-26(24-10-5-6-13-30-24)31-28(38)34(27)21-11-12-23(25(16-21)37-3)32-39(4,35)36/h5-16,26-27,32H,1-4H3,(H,31,38)/t26-,27-/m0/s1. The van der Waals surface area contributed by atoms with Crippen LogP contribution in [0.25, 0.3) is 5.69 Å². The molecule has 1 aliphatic rings. The number of anilines is 2. The zero-order valence-electron chi connectivity index (χ0n) is 21.8. The summed E-state index contributed by atoms with van der Waals surface area (Å²) >= 11 is 12.2. The van der Waals surface area contributed by atoms with Gasteiger partial charge in [0.05, 0.1) is 36.8 Å². The molecule has 0 radical (unpaired) electrons. The number of pyridine rings is 1. The fourth-order valence-electron chi connectivity index (χ4n) is 5.16. The molecule has 4 aromatic rings. The molecule has 1 fully saturated rings. The van der Waals surface area contributed by atoms with Gasteiger partial charge < -0.3 is 19.5 Å². The van der Waals surface area contributed by atoms with E-state index in [1.54, 1.807) is 18.3 Å². The van der Waals surface area contributed by atoms with E-state index in [0.717, 1.165) is 40.3 Å². The average molecular weight is 582 g/mol. The van der Waals surface area contributed by atoms with Crippen molar-refractivity contribution in [2.75, 3.05) is 23.0 Å². The molecule has 0 unspecified atom stereocenters. The lowest BCUT2D eigenvalue weighted by Gasteiger charge is -2.29. The van der Waals surface area contributed by atoms with Gasteiger partial charge in [-0.05, 0) is 80.2 Å². The molecule has 2 atom stereocenters. The summed E-state index contributed by atoms with van der Waals surface area (Å²) in [6, 6.07) is 20.5. The van der Waals surface area contributed by atoms with Gasteiger partial charge in [0.1, 0.15) is 5.75 Å². The third kappa shape index (κ3) is 5.32. The summed E-state index contributed by atoms with van der Waals surface area (Å²) in [5.74, 6) is 0.380. The molecule has 0 amide bonds. The number of ether oxygens (including phenoxy) is 1. The van der Waals surface area contributed by atoms with Crippen molar-refractivity contribution in [1.82, 2.24) is 14.9 Å². The molecule has 1 aliphatic heterocycles. The molecule has 5 rings (SSSR count). The molecule has 0 saturated carbocycles. The fraction of sp³-hybridized carbons (Fsp3) is 0.214. The maximum Gasteiger partial charge on any atom is 0.229 e. The van der Waals surface area contributed by atoms with Crippen LogP contribution >= 0.6 is 23.8 Å². The number of nitrogens with zero attached hydrogens (tertiary/aromatic N) is 3. The second kappa shape index (κ2) is 10.5. The predicted octanol–water partition coefficient (Wildman–Crippen LogP) is 5.70. The van der Waals surface area contributed by atoms with Crippen LogP contribution < -0.4 is 19.7 Å². The minimum absolute atomic E-state index is 0.244. The van der Waals surface area contributed by atoms with E-state index in [2.05, 4.69) is 39.5 Å².